The monoisotopic (exact) mass is 225 g/mol. The first-order valence-electron chi connectivity index (χ1n) is 6.08. The van der Waals surface area contributed by atoms with Crippen molar-refractivity contribution in [2.75, 3.05) is 0 Å². The molecule has 4 unspecified atom stereocenters. The third-order valence-electron chi connectivity index (χ3n) is 3.94. The summed E-state index contributed by atoms with van der Waals surface area (Å²) in [5.41, 5.74) is 0. The Labute approximate surface area is 95.4 Å². The molecule has 90 valence electrons. The smallest absolute Gasteiger partial charge is 0.305 e. The van der Waals surface area contributed by atoms with Crippen molar-refractivity contribution < 1.29 is 14.7 Å². The Hall–Kier alpha value is -1.06. The van der Waals surface area contributed by atoms with E-state index in [0.29, 0.717) is 5.92 Å². The van der Waals surface area contributed by atoms with Crippen LogP contribution in [0.1, 0.15) is 39.0 Å². The van der Waals surface area contributed by atoms with E-state index in [9.17, 15) is 9.59 Å². The zero-order valence-corrected chi connectivity index (χ0v) is 9.61. The summed E-state index contributed by atoms with van der Waals surface area (Å²) in [5.74, 6) is 0.661. The first kappa shape index (κ1) is 11.4. The number of rotatable bonds is 4. The highest BCUT2D eigenvalue weighted by Gasteiger charge is 2.43. The molecule has 4 atom stereocenters. The van der Waals surface area contributed by atoms with Gasteiger partial charge in [-0.05, 0) is 38.0 Å². The summed E-state index contributed by atoms with van der Waals surface area (Å²) in [4.78, 5) is 22.4. The molecular weight excluding hydrogens is 206 g/mol. The first-order valence-corrected chi connectivity index (χ1v) is 6.08. The molecule has 0 aromatic carbocycles. The predicted octanol–water partition coefficient (Wildman–Crippen LogP) is 1.40. The van der Waals surface area contributed by atoms with Crippen LogP contribution in [0.3, 0.4) is 0 Å². The Kier molecular flexibility index (Phi) is 3.17. The minimum atomic E-state index is -0.860. The molecule has 1 amide bonds. The highest BCUT2D eigenvalue weighted by Crippen LogP contribution is 2.48. The average Bonchev–Trinajstić information content (AvgIpc) is 2.76. The van der Waals surface area contributed by atoms with Crippen LogP contribution in [0.4, 0.5) is 0 Å². The molecule has 2 aliphatic rings. The molecule has 0 aliphatic heterocycles. The third-order valence-corrected chi connectivity index (χ3v) is 3.94. The third kappa shape index (κ3) is 2.36. The van der Waals surface area contributed by atoms with E-state index in [0.717, 1.165) is 12.3 Å². The summed E-state index contributed by atoms with van der Waals surface area (Å²) in [7, 11) is 0. The summed E-state index contributed by atoms with van der Waals surface area (Å²) < 4.78 is 0. The Morgan fingerprint density at radius 3 is 2.62 bits per heavy atom. The van der Waals surface area contributed by atoms with Crippen LogP contribution >= 0.6 is 0 Å². The molecule has 16 heavy (non-hydrogen) atoms. The van der Waals surface area contributed by atoms with Gasteiger partial charge in [0.15, 0.2) is 0 Å². The van der Waals surface area contributed by atoms with E-state index in [1.807, 2.05) is 0 Å². The number of hydrogen-bond acceptors (Lipinski definition) is 2. The maximum atomic E-state index is 11.9. The van der Waals surface area contributed by atoms with Gasteiger partial charge in [0.1, 0.15) is 0 Å². The largest absolute Gasteiger partial charge is 0.481 e. The Balaban J connectivity index is 1.82. The lowest BCUT2D eigenvalue weighted by Crippen LogP contribution is -2.40. The fourth-order valence-corrected chi connectivity index (χ4v) is 3.23. The molecule has 0 radical (unpaired) electrons. The van der Waals surface area contributed by atoms with Crippen LogP contribution in [0.25, 0.3) is 0 Å². The summed E-state index contributed by atoms with van der Waals surface area (Å²) >= 11 is 0. The number of carboxylic acids is 1. The fourth-order valence-electron chi connectivity index (χ4n) is 3.23. The average molecular weight is 225 g/mol. The second-order valence-corrected chi connectivity index (χ2v) is 5.29. The van der Waals surface area contributed by atoms with E-state index in [2.05, 4.69) is 5.32 Å². The van der Waals surface area contributed by atoms with Gasteiger partial charge in [0, 0.05) is 12.0 Å². The molecule has 0 spiro atoms. The normalized spacial score (nSPS) is 33.7. The summed E-state index contributed by atoms with van der Waals surface area (Å²) in [6.45, 7) is 1.75. The number of carbonyl (C=O) groups is 2. The molecule has 0 saturated heterocycles. The summed E-state index contributed by atoms with van der Waals surface area (Å²) in [6.07, 6.45) is 4.67. The minimum absolute atomic E-state index is 0.00650. The maximum Gasteiger partial charge on any atom is 0.305 e. The summed E-state index contributed by atoms with van der Waals surface area (Å²) in [5, 5.41) is 11.4. The predicted molar refractivity (Wildman–Crippen MR) is 58.8 cm³/mol. The van der Waals surface area contributed by atoms with Crippen molar-refractivity contribution in [2.45, 2.75) is 45.1 Å². The lowest BCUT2D eigenvalue weighted by atomic mass is 9.88. The Morgan fingerprint density at radius 2 is 2.12 bits per heavy atom. The molecule has 2 rings (SSSR count). The van der Waals surface area contributed by atoms with E-state index < -0.39 is 5.97 Å². The van der Waals surface area contributed by atoms with Gasteiger partial charge in [-0.3, -0.25) is 9.59 Å². The van der Waals surface area contributed by atoms with Crippen molar-refractivity contribution in [2.24, 2.45) is 17.8 Å². The van der Waals surface area contributed by atoms with Crippen molar-refractivity contribution in [1.82, 2.24) is 5.32 Å². The molecule has 2 aliphatic carbocycles. The molecule has 2 saturated carbocycles. The number of amides is 1. The van der Waals surface area contributed by atoms with Gasteiger partial charge in [0.05, 0.1) is 6.42 Å². The molecule has 2 bridgehead atoms. The van der Waals surface area contributed by atoms with Gasteiger partial charge < -0.3 is 10.4 Å². The van der Waals surface area contributed by atoms with E-state index in [4.69, 9.17) is 5.11 Å². The number of carboxylic acid groups (broad SMARTS) is 1. The van der Waals surface area contributed by atoms with Gasteiger partial charge in [-0.15, -0.1) is 0 Å². The number of hydrogen-bond donors (Lipinski definition) is 2. The molecule has 4 heteroatoms. The topological polar surface area (TPSA) is 66.4 Å². The van der Waals surface area contributed by atoms with Gasteiger partial charge in [-0.2, -0.15) is 0 Å². The molecule has 0 aromatic heterocycles. The number of fused-ring (bicyclic) bond motifs is 2. The lowest BCUT2D eigenvalue weighted by molar-refractivity contribution is -0.137. The molecule has 4 nitrogen and oxygen atoms in total. The van der Waals surface area contributed by atoms with E-state index in [1.165, 1.54) is 19.3 Å². The molecular formula is C12H19NO3. The molecule has 2 fully saturated rings. The quantitative estimate of drug-likeness (QED) is 0.760. The first-order chi connectivity index (χ1) is 7.56. The SMILES string of the molecule is CC(CC(=O)O)NC(=O)C1CC2CCC1C2. The van der Waals surface area contributed by atoms with Gasteiger partial charge in [-0.1, -0.05) is 6.42 Å². The standard InChI is InChI=1S/C12H19NO3/c1-7(4-11(14)15)13-12(16)10-6-8-2-3-9(10)5-8/h7-10H,2-6H2,1H3,(H,13,16)(H,14,15). The zero-order chi connectivity index (χ0) is 11.7. The van der Waals surface area contributed by atoms with Gasteiger partial charge in [0.25, 0.3) is 0 Å². The Bertz CT molecular complexity index is 303. The summed E-state index contributed by atoms with van der Waals surface area (Å²) in [6, 6.07) is -0.260. The number of nitrogens with one attached hydrogen (secondary N) is 1. The van der Waals surface area contributed by atoms with Crippen LogP contribution in [-0.2, 0) is 9.59 Å². The number of carbonyl (C=O) groups excluding carboxylic acids is 1. The van der Waals surface area contributed by atoms with Crippen LogP contribution < -0.4 is 5.32 Å². The highest BCUT2D eigenvalue weighted by molar-refractivity contribution is 5.80. The van der Waals surface area contributed by atoms with Crippen LogP contribution in [0.15, 0.2) is 0 Å². The molecule has 0 heterocycles. The van der Waals surface area contributed by atoms with E-state index in [-0.39, 0.29) is 24.3 Å². The highest BCUT2D eigenvalue weighted by atomic mass is 16.4. The second-order valence-electron chi connectivity index (χ2n) is 5.29. The van der Waals surface area contributed by atoms with Crippen molar-refractivity contribution in [1.29, 1.82) is 0 Å². The zero-order valence-electron chi connectivity index (χ0n) is 9.61. The van der Waals surface area contributed by atoms with Gasteiger partial charge in [0.2, 0.25) is 5.91 Å². The Morgan fingerprint density at radius 1 is 1.38 bits per heavy atom. The number of aliphatic carboxylic acids is 1. The van der Waals surface area contributed by atoms with E-state index in [1.54, 1.807) is 6.92 Å². The molecule has 2 N–H and O–H groups in total. The molecule has 0 aromatic rings. The van der Waals surface area contributed by atoms with Crippen LogP contribution in [0.2, 0.25) is 0 Å². The minimum Gasteiger partial charge on any atom is -0.481 e. The fraction of sp³-hybridized carbons (Fsp3) is 0.833. The maximum absolute atomic E-state index is 11.9. The second kappa shape index (κ2) is 4.44. The van der Waals surface area contributed by atoms with Gasteiger partial charge >= 0.3 is 5.97 Å². The van der Waals surface area contributed by atoms with E-state index >= 15 is 0 Å². The van der Waals surface area contributed by atoms with Crippen molar-refractivity contribution in [3.63, 3.8) is 0 Å². The van der Waals surface area contributed by atoms with Crippen LogP contribution in [0.5, 0.6) is 0 Å². The van der Waals surface area contributed by atoms with Crippen LogP contribution in [0, 0.1) is 17.8 Å². The van der Waals surface area contributed by atoms with Crippen molar-refractivity contribution in [3.05, 3.63) is 0 Å². The lowest BCUT2D eigenvalue weighted by Gasteiger charge is -2.22. The van der Waals surface area contributed by atoms with Crippen molar-refractivity contribution in [3.8, 4) is 0 Å². The van der Waals surface area contributed by atoms with Crippen LogP contribution in [-0.4, -0.2) is 23.0 Å². The van der Waals surface area contributed by atoms with Crippen molar-refractivity contribution >= 4 is 11.9 Å². The van der Waals surface area contributed by atoms with Gasteiger partial charge in [-0.25, -0.2) is 0 Å².